The van der Waals surface area contributed by atoms with Crippen molar-refractivity contribution in [2.75, 3.05) is 23.7 Å². The van der Waals surface area contributed by atoms with Crippen LogP contribution in [0, 0.1) is 23.1 Å². The highest BCUT2D eigenvalue weighted by molar-refractivity contribution is 7.98. The van der Waals surface area contributed by atoms with E-state index in [0.29, 0.717) is 22.0 Å². The highest BCUT2D eigenvalue weighted by Gasteiger charge is 2.25. The largest absolute Gasteiger partial charge is 0.619 e. The summed E-state index contributed by atoms with van der Waals surface area (Å²) < 4.78 is 0.737. The lowest BCUT2D eigenvalue weighted by molar-refractivity contribution is -0.605. The predicted molar refractivity (Wildman–Crippen MR) is 96.0 cm³/mol. The maximum Gasteiger partial charge on any atom is 0.251 e. The molecular weight excluding hydrogens is 336 g/mol. The van der Waals surface area contributed by atoms with Gasteiger partial charge in [-0.15, -0.1) is 11.8 Å². The van der Waals surface area contributed by atoms with E-state index >= 15 is 0 Å². The molecule has 8 heteroatoms. The zero-order valence-corrected chi connectivity index (χ0v) is 14.3. The summed E-state index contributed by atoms with van der Waals surface area (Å²) in [7, 11) is 0. The van der Waals surface area contributed by atoms with E-state index < -0.39 is 0 Å². The van der Waals surface area contributed by atoms with Crippen LogP contribution in [-0.2, 0) is 5.75 Å². The topological polar surface area (TPSA) is 97.2 Å². The minimum atomic E-state index is 0.144. The molecule has 0 spiro atoms. The lowest BCUT2D eigenvalue weighted by Gasteiger charge is -2.22. The molecule has 2 N–H and O–H groups in total. The van der Waals surface area contributed by atoms with Crippen LogP contribution in [-0.4, -0.2) is 18.1 Å². The molecule has 1 saturated heterocycles. The summed E-state index contributed by atoms with van der Waals surface area (Å²) in [4.78, 5) is 9.83. The second kappa shape index (κ2) is 7.29. The smallest absolute Gasteiger partial charge is 0.251 e. The standard InChI is InChI=1S/C17H16N6OS/c1-20-14-15(22-6-2-3-7-22)13(9-18)17(21-16(14)19)25-11-12-5-4-8-23(24)10-12/h4-5,8,10H,2-3,6-7,11H2,(H2,19,21). The van der Waals surface area contributed by atoms with Crippen molar-refractivity contribution in [3.05, 3.63) is 52.3 Å². The molecular formula is C17H16N6OS. The van der Waals surface area contributed by atoms with Crippen LogP contribution >= 0.6 is 11.8 Å². The fourth-order valence-corrected chi connectivity index (χ4v) is 3.79. The van der Waals surface area contributed by atoms with Gasteiger partial charge in [0.25, 0.3) is 5.69 Å². The fraction of sp³-hybridized carbons (Fsp3) is 0.294. The number of anilines is 2. The van der Waals surface area contributed by atoms with Crippen molar-refractivity contribution >= 4 is 29.0 Å². The summed E-state index contributed by atoms with van der Waals surface area (Å²) in [6, 6.07) is 5.71. The van der Waals surface area contributed by atoms with Crippen LogP contribution < -0.4 is 15.4 Å². The van der Waals surface area contributed by atoms with Crippen molar-refractivity contribution in [1.29, 1.82) is 5.26 Å². The number of nitriles is 1. The summed E-state index contributed by atoms with van der Waals surface area (Å²) in [6.07, 6.45) is 4.96. The van der Waals surface area contributed by atoms with Crippen molar-refractivity contribution in [3.8, 4) is 6.07 Å². The highest BCUT2D eigenvalue weighted by atomic mass is 32.2. The van der Waals surface area contributed by atoms with Crippen LogP contribution in [0.25, 0.3) is 4.85 Å². The van der Waals surface area contributed by atoms with E-state index in [2.05, 4.69) is 15.9 Å². The first-order valence-corrected chi connectivity index (χ1v) is 8.79. The number of hydrogen-bond acceptors (Lipinski definition) is 6. The monoisotopic (exact) mass is 352 g/mol. The average Bonchev–Trinajstić information content (AvgIpc) is 3.13. The summed E-state index contributed by atoms with van der Waals surface area (Å²) in [6.45, 7) is 9.03. The first-order chi connectivity index (χ1) is 12.1. The van der Waals surface area contributed by atoms with Gasteiger partial charge in [-0.25, -0.2) is 9.83 Å². The Hall–Kier alpha value is -2.97. The van der Waals surface area contributed by atoms with Crippen LogP contribution in [0.15, 0.2) is 29.6 Å². The van der Waals surface area contributed by atoms with Crippen molar-refractivity contribution in [3.63, 3.8) is 0 Å². The molecule has 0 unspecified atom stereocenters. The minimum Gasteiger partial charge on any atom is -0.619 e. The van der Waals surface area contributed by atoms with Gasteiger partial charge >= 0.3 is 0 Å². The molecule has 0 saturated carbocycles. The molecule has 2 aromatic heterocycles. The fourth-order valence-electron chi connectivity index (χ4n) is 2.86. The van der Waals surface area contributed by atoms with Gasteiger partial charge in [-0.1, -0.05) is 0 Å². The number of nitrogen functional groups attached to an aromatic ring is 1. The summed E-state index contributed by atoms with van der Waals surface area (Å²) in [5, 5.41) is 21.5. The van der Waals surface area contributed by atoms with E-state index in [1.165, 1.54) is 24.2 Å². The molecule has 1 aliphatic rings. The Morgan fingerprint density at radius 1 is 1.48 bits per heavy atom. The molecule has 0 radical (unpaired) electrons. The Morgan fingerprint density at radius 2 is 2.24 bits per heavy atom. The van der Waals surface area contributed by atoms with Gasteiger partial charge in [0.15, 0.2) is 12.4 Å². The first kappa shape index (κ1) is 16.9. The van der Waals surface area contributed by atoms with Gasteiger partial charge in [-0.3, -0.25) is 0 Å². The van der Waals surface area contributed by atoms with E-state index in [4.69, 9.17) is 12.3 Å². The molecule has 7 nitrogen and oxygen atoms in total. The number of nitrogens with zero attached hydrogens (tertiary/aromatic N) is 5. The maximum atomic E-state index is 11.4. The number of thioether (sulfide) groups is 1. The third-order valence-corrected chi connectivity index (χ3v) is 5.04. The zero-order valence-electron chi connectivity index (χ0n) is 13.5. The molecule has 0 amide bonds. The Labute approximate surface area is 150 Å². The molecule has 3 heterocycles. The third kappa shape index (κ3) is 3.44. The van der Waals surface area contributed by atoms with E-state index in [0.717, 1.165) is 36.2 Å². The molecule has 1 fully saturated rings. The Bertz CT molecular complexity index is 880. The molecule has 3 rings (SSSR count). The SMILES string of the molecule is [C-]#[N+]c1c(N)nc(SCc2ccc[n+]([O-])c2)c(C#N)c1N1CCCC1. The van der Waals surface area contributed by atoms with E-state index in [1.807, 2.05) is 11.0 Å². The molecule has 1 aliphatic heterocycles. The average molecular weight is 352 g/mol. The third-order valence-electron chi connectivity index (χ3n) is 4.00. The minimum absolute atomic E-state index is 0.144. The molecule has 0 atom stereocenters. The van der Waals surface area contributed by atoms with Crippen molar-refractivity contribution in [2.45, 2.75) is 23.6 Å². The van der Waals surface area contributed by atoms with Gasteiger partial charge in [0.1, 0.15) is 16.9 Å². The van der Waals surface area contributed by atoms with Crippen LogP contribution in [0.3, 0.4) is 0 Å². The summed E-state index contributed by atoms with van der Waals surface area (Å²) in [5.41, 5.74) is 8.04. The Morgan fingerprint density at radius 3 is 2.88 bits per heavy atom. The van der Waals surface area contributed by atoms with Gasteiger partial charge in [0, 0.05) is 30.5 Å². The van der Waals surface area contributed by atoms with Gasteiger partial charge in [0.05, 0.1) is 17.8 Å². The van der Waals surface area contributed by atoms with E-state index in [-0.39, 0.29) is 11.5 Å². The maximum absolute atomic E-state index is 11.4. The number of rotatable bonds is 4. The van der Waals surface area contributed by atoms with Crippen LogP contribution in [0.5, 0.6) is 0 Å². The molecule has 2 aromatic rings. The quantitative estimate of drug-likeness (QED) is 0.393. The molecule has 0 bridgehead atoms. The highest BCUT2D eigenvalue weighted by Crippen LogP contribution is 2.42. The van der Waals surface area contributed by atoms with Crippen molar-refractivity contribution in [1.82, 2.24) is 4.98 Å². The second-order valence-corrected chi connectivity index (χ2v) is 6.62. The van der Waals surface area contributed by atoms with Crippen LogP contribution in [0.1, 0.15) is 24.0 Å². The lowest BCUT2D eigenvalue weighted by atomic mass is 10.2. The van der Waals surface area contributed by atoms with E-state index in [9.17, 15) is 10.5 Å². The Kier molecular flexibility index (Phi) is 4.92. The number of hydrogen-bond donors (Lipinski definition) is 1. The van der Waals surface area contributed by atoms with Crippen LogP contribution in [0.4, 0.5) is 17.2 Å². The normalized spacial score (nSPS) is 13.4. The van der Waals surface area contributed by atoms with Gasteiger partial charge in [-0.05, 0) is 18.9 Å². The Balaban J connectivity index is 1.99. The molecule has 25 heavy (non-hydrogen) atoms. The first-order valence-electron chi connectivity index (χ1n) is 7.80. The van der Waals surface area contributed by atoms with Gasteiger partial charge in [0.2, 0.25) is 0 Å². The number of aromatic nitrogens is 2. The number of nitrogens with two attached hydrogens (primary N) is 1. The molecule has 0 aliphatic carbocycles. The zero-order chi connectivity index (χ0) is 17.8. The van der Waals surface area contributed by atoms with Crippen molar-refractivity contribution < 1.29 is 4.73 Å². The van der Waals surface area contributed by atoms with Crippen molar-refractivity contribution in [2.24, 2.45) is 0 Å². The molecule has 0 aromatic carbocycles. The van der Waals surface area contributed by atoms with Gasteiger partial charge in [-0.2, -0.15) is 9.99 Å². The van der Waals surface area contributed by atoms with E-state index in [1.54, 1.807) is 6.07 Å². The second-order valence-electron chi connectivity index (χ2n) is 5.65. The van der Waals surface area contributed by atoms with Crippen LogP contribution in [0.2, 0.25) is 0 Å². The number of pyridine rings is 2. The van der Waals surface area contributed by atoms with Gasteiger partial charge < -0.3 is 15.8 Å². The predicted octanol–water partition coefficient (Wildman–Crippen LogP) is 2.61. The molecule has 126 valence electrons. The summed E-state index contributed by atoms with van der Waals surface area (Å²) >= 11 is 1.34. The summed E-state index contributed by atoms with van der Waals surface area (Å²) in [5.74, 6) is 0.631. The lowest BCUT2D eigenvalue weighted by Crippen LogP contribution is -2.24.